The van der Waals surface area contributed by atoms with Crippen molar-refractivity contribution in [1.82, 2.24) is 19.4 Å². The van der Waals surface area contributed by atoms with Crippen LogP contribution in [0.25, 0.3) is 11.0 Å². The lowest BCUT2D eigenvalue weighted by Crippen LogP contribution is -2.38. The number of carboxylic acid groups (broad SMARTS) is 1. The summed E-state index contributed by atoms with van der Waals surface area (Å²) < 4.78 is 27.3. The molecule has 8 nitrogen and oxygen atoms in total. The van der Waals surface area contributed by atoms with E-state index in [4.69, 9.17) is 31.0 Å². The third-order valence-corrected chi connectivity index (χ3v) is 7.70. The number of imidazole rings is 1. The van der Waals surface area contributed by atoms with Gasteiger partial charge in [-0.3, -0.25) is 4.90 Å². The van der Waals surface area contributed by atoms with Crippen LogP contribution in [0, 0.1) is 11.7 Å². The van der Waals surface area contributed by atoms with Gasteiger partial charge in [-0.15, -0.1) is 0 Å². The van der Waals surface area contributed by atoms with Crippen molar-refractivity contribution in [2.24, 2.45) is 5.92 Å². The van der Waals surface area contributed by atoms with Crippen LogP contribution in [0.3, 0.4) is 0 Å². The topological polar surface area (TPSA) is 89.7 Å². The Morgan fingerprint density at radius 3 is 2.77 bits per heavy atom. The molecule has 2 aromatic carbocycles. The maximum Gasteiger partial charge on any atom is 0.335 e. The highest BCUT2D eigenvalue weighted by Gasteiger charge is 2.29. The Kier molecular flexibility index (Phi) is 8.63. The first-order chi connectivity index (χ1) is 19.3. The highest BCUT2D eigenvalue weighted by atomic mass is 35.5. The van der Waals surface area contributed by atoms with Gasteiger partial charge in [-0.1, -0.05) is 30.7 Å². The zero-order valence-electron chi connectivity index (χ0n) is 22.5. The second-order valence-electron chi connectivity index (χ2n) is 10.2. The lowest BCUT2D eigenvalue weighted by Gasteiger charge is -2.36. The maximum atomic E-state index is 14.1. The van der Waals surface area contributed by atoms with Gasteiger partial charge in [0.05, 0.1) is 29.7 Å². The number of halogens is 2. The minimum atomic E-state index is -0.959. The molecule has 0 aliphatic carbocycles. The number of aromatic nitrogens is 3. The Labute approximate surface area is 237 Å². The average Bonchev–Trinajstić information content (AvgIpc) is 3.27. The number of benzene rings is 2. The Bertz CT molecular complexity index is 1510. The van der Waals surface area contributed by atoms with Gasteiger partial charge in [0.15, 0.2) is 0 Å². The number of hydrogen-bond acceptors (Lipinski definition) is 6. The van der Waals surface area contributed by atoms with Gasteiger partial charge in [0.2, 0.25) is 5.88 Å². The second-order valence-corrected chi connectivity index (χ2v) is 10.7. The van der Waals surface area contributed by atoms with Crippen molar-refractivity contribution in [1.29, 1.82) is 0 Å². The number of carboxylic acids is 1. The summed E-state index contributed by atoms with van der Waals surface area (Å²) in [5, 5.41) is 9.80. The molecule has 210 valence electrons. The molecule has 1 N–H and O–H groups in total. The number of likely N-dealkylation sites (tertiary alicyclic amines) is 1. The number of fused-ring (bicyclic) bond motifs is 1. The third kappa shape index (κ3) is 6.27. The van der Waals surface area contributed by atoms with Crippen molar-refractivity contribution in [3.63, 3.8) is 0 Å². The monoisotopic (exact) mass is 566 g/mol. The molecule has 10 heteroatoms. The van der Waals surface area contributed by atoms with E-state index >= 15 is 0 Å². The molecule has 2 atom stereocenters. The minimum Gasteiger partial charge on any atom is -0.478 e. The van der Waals surface area contributed by atoms with Crippen LogP contribution in [-0.4, -0.2) is 57.3 Å². The normalized spacial score (nSPS) is 17.8. The largest absolute Gasteiger partial charge is 0.478 e. The number of ether oxygens (including phenoxy) is 2. The lowest BCUT2D eigenvalue weighted by molar-refractivity contribution is 0.0697. The van der Waals surface area contributed by atoms with Crippen molar-refractivity contribution in [3.05, 3.63) is 88.1 Å². The fourth-order valence-corrected chi connectivity index (χ4v) is 5.54. The molecule has 2 aromatic heterocycles. The van der Waals surface area contributed by atoms with Gasteiger partial charge < -0.3 is 19.1 Å². The van der Waals surface area contributed by atoms with Crippen LogP contribution >= 0.6 is 11.6 Å². The quantitative estimate of drug-likeness (QED) is 0.260. The first-order valence-electron chi connectivity index (χ1n) is 13.3. The van der Waals surface area contributed by atoms with E-state index in [1.165, 1.54) is 6.07 Å². The number of piperidine rings is 1. The van der Waals surface area contributed by atoms with Crippen molar-refractivity contribution >= 4 is 28.6 Å². The van der Waals surface area contributed by atoms with Crippen LogP contribution in [0.15, 0.2) is 54.6 Å². The summed E-state index contributed by atoms with van der Waals surface area (Å²) in [6.07, 6.45) is 0.922. The molecule has 1 saturated heterocycles. The first kappa shape index (κ1) is 28.0. The third-order valence-electron chi connectivity index (χ3n) is 7.46. The fraction of sp³-hybridized carbons (Fsp3) is 0.367. The minimum absolute atomic E-state index is 0.0749. The van der Waals surface area contributed by atoms with Gasteiger partial charge in [0.25, 0.3) is 0 Å². The van der Waals surface area contributed by atoms with Crippen LogP contribution in [0.4, 0.5) is 4.39 Å². The van der Waals surface area contributed by atoms with Crippen molar-refractivity contribution in [2.45, 2.75) is 39.0 Å². The van der Waals surface area contributed by atoms with E-state index in [9.17, 15) is 14.3 Å². The molecular formula is C30H32ClFN4O4. The molecule has 0 radical (unpaired) electrons. The molecule has 0 spiro atoms. The zero-order chi connectivity index (χ0) is 28.2. The van der Waals surface area contributed by atoms with Crippen LogP contribution < -0.4 is 4.74 Å². The van der Waals surface area contributed by atoms with Crippen molar-refractivity contribution in [2.75, 3.05) is 26.8 Å². The number of nitrogens with zero attached hydrogens (tertiary/aromatic N) is 4. The summed E-state index contributed by atoms with van der Waals surface area (Å²) in [7, 11) is 1.65. The zero-order valence-corrected chi connectivity index (χ0v) is 23.3. The molecule has 0 saturated carbocycles. The predicted molar refractivity (Wildman–Crippen MR) is 150 cm³/mol. The summed E-state index contributed by atoms with van der Waals surface area (Å²) in [6, 6.07) is 15.3. The molecule has 40 heavy (non-hydrogen) atoms. The molecule has 3 heterocycles. The van der Waals surface area contributed by atoms with Gasteiger partial charge in [-0.25, -0.2) is 19.2 Å². The summed E-state index contributed by atoms with van der Waals surface area (Å²) in [6.45, 7) is 5.78. The number of pyridine rings is 1. The van der Waals surface area contributed by atoms with Gasteiger partial charge in [-0.2, -0.15) is 0 Å². The fourth-order valence-electron chi connectivity index (χ4n) is 5.38. The van der Waals surface area contributed by atoms with E-state index < -0.39 is 11.8 Å². The molecule has 0 bridgehead atoms. The van der Waals surface area contributed by atoms with E-state index in [-0.39, 0.29) is 18.1 Å². The van der Waals surface area contributed by atoms with E-state index in [2.05, 4.69) is 16.4 Å². The number of hydrogen-bond donors (Lipinski definition) is 1. The maximum absolute atomic E-state index is 14.1. The lowest BCUT2D eigenvalue weighted by atomic mass is 9.84. The van der Waals surface area contributed by atoms with Crippen LogP contribution in [0.5, 0.6) is 5.88 Å². The average molecular weight is 567 g/mol. The molecule has 1 aliphatic heterocycles. The van der Waals surface area contributed by atoms with Crippen molar-refractivity contribution < 1.29 is 23.8 Å². The standard InChI is InChI=1S/C30H32ClFN4O4/c1-19-16-35(17-28-33-26-9-7-20(30(37)38)14-27(26)36(28)12-13-39-2)11-10-23(19)25-4-3-5-29(34-25)40-18-21-6-8-22(31)15-24(21)32/h3-9,14-15,19,23H,10-13,16-18H2,1-2H3,(H,37,38)/t19-,23+/m1/s1. The van der Waals surface area contributed by atoms with Gasteiger partial charge in [-0.05, 0) is 55.3 Å². The SMILES string of the molecule is COCCn1c(CN2CC[C@H](c3cccc(OCc4ccc(Cl)cc4F)n3)[C@H](C)C2)nc2ccc(C(=O)O)cc21. The molecule has 4 aromatic rings. The van der Waals surface area contributed by atoms with Gasteiger partial charge in [0.1, 0.15) is 18.2 Å². The van der Waals surface area contributed by atoms with Crippen molar-refractivity contribution in [3.8, 4) is 5.88 Å². The molecule has 0 unspecified atom stereocenters. The first-order valence-corrected chi connectivity index (χ1v) is 13.7. The highest BCUT2D eigenvalue weighted by molar-refractivity contribution is 6.30. The molecule has 5 rings (SSSR count). The number of aromatic carboxylic acids is 1. The van der Waals surface area contributed by atoms with Crippen LogP contribution in [0.2, 0.25) is 5.02 Å². The number of methoxy groups -OCH3 is 1. The Hall–Kier alpha value is -3.53. The number of carbonyl (C=O) groups is 1. The second kappa shape index (κ2) is 12.3. The van der Waals surface area contributed by atoms with E-state index in [1.54, 1.807) is 43.5 Å². The Balaban J connectivity index is 1.26. The number of rotatable bonds is 10. The van der Waals surface area contributed by atoms with E-state index in [1.807, 2.05) is 12.1 Å². The summed E-state index contributed by atoms with van der Waals surface area (Å²) in [4.78, 5) is 23.5. The molecule has 0 amide bonds. The van der Waals surface area contributed by atoms with E-state index in [0.29, 0.717) is 42.1 Å². The molecule has 1 fully saturated rings. The molecule has 1 aliphatic rings. The Morgan fingerprint density at radius 2 is 2.02 bits per heavy atom. The van der Waals surface area contributed by atoms with Crippen LogP contribution in [0.1, 0.15) is 46.7 Å². The summed E-state index contributed by atoms with van der Waals surface area (Å²) in [5.74, 6) is 0.595. The smallest absolute Gasteiger partial charge is 0.335 e. The summed E-state index contributed by atoms with van der Waals surface area (Å²) >= 11 is 5.85. The molecular weight excluding hydrogens is 535 g/mol. The van der Waals surface area contributed by atoms with Gasteiger partial charge >= 0.3 is 5.97 Å². The van der Waals surface area contributed by atoms with E-state index in [0.717, 1.165) is 42.1 Å². The summed E-state index contributed by atoms with van der Waals surface area (Å²) in [5.41, 5.74) is 3.21. The Morgan fingerprint density at radius 1 is 1.18 bits per heavy atom. The highest BCUT2D eigenvalue weighted by Crippen LogP contribution is 2.33. The van der Waals surface area contributed by atoms with Gasteiger partial charge in [0, 0.05) is 48.5 Å². The predicted octanol–water partition coefficient (Wildman–Crippen LogP) is 5.77. The van der Waals surface area contributed by atoms with Crippen LogP contribution in [-0.2, 0) is 24.4 Å².